The summed E-state index contributed by atoms with van der Waals surface area (Å²) in [6.07, 6.45) is 1.49. The van der Waals surface area contributed by atoms with E-state index in [9.17, 15) is 9.90 Å². The van der Waals surface area contributed by atoms with Crippen LogP contribution < -0.4 is 0 Å². The standard InChI is InChI=1S/C18H20O2/c1-2-3-12-17(19)18(20)16-11-7-10-15(13-16)14-8-5-4-6-9-14/h4-11,13,17,19H,2-3,12H2,1H3. The van der Waals surface area contributed by atoms with Crippen molar-refractivity contribution in [3.8, 4) is 11.1 Å². The Morgan fingerprint density at radius 2 is 1.75 bits per heavy atom. The van der Waals surface area contributed by atoms with Crippen LogP contribution in [0, 0.1) is 0 Å². The summed E-state index contributed by atoms with van der Waals surface area (Å²) in [7, 11) is 0. The first-order valence-electron chi connectivity index (χ1n) is 7.10. The Labute approximate surface area is 120 Å². The zero-order valence-corrected chi connectivity index (χ0v) is 11.8. The Bertz CT molecular complexity index is 561. The smallest absolute Gasteiger partial charge is 0.191 e. The van der Waals surface area contributed by atoms with Crippen LogP contribution in [0.5, 0.6) is 0 Å². The minimum Gasteiger partial charge on any atom is -0.385 e. The van der Waals surface area contributed by atoms with Crippen molar-refractivity contribution in [3.63, 3.8) is 0 Å². The van der Waals surface area contributed by atoms with Crippen LogP contribution in [0.2, 0.25) is 0 Å². The van der Waals surface area contributed by atoms with Gasteiger partial charge in [-0.25, -0.2) is 0 Å². The minimum atomic E-state index is -0.888. The van der Waals surface area contributed by atoms with E-state index < -0.39 is 6.10 Å². The van der Waals surface area contributed by atoms with E-state index in [1.807, 2.05) is 55.5 Å². The lowest BCUT2D eigenvalue weighted by Gasteiger charge is -2.10. The molecule has 0 aliphatic carbocycles. The lowest BCUT2D eigenvalue weighted by Crippen LogP contribution is -2.20. The molecule has 2 aromatic carbocycles. The summed E-state index contributed by atoms with van der Waals surface area (Å²) in [5, 5.41) is 9.91. The number of hydrogen-bond acceptors (Lipinski definition) is 2. The summed E-state index contributed by atoms with van der Waals surface area (Å²) in [6, 6.07) is 17.4. The summed E-state index contributed by atoms with van der Waals surface area (Å²) in [4.78, 5) is 12.2. The fourth-order valence-corrected chi connectivity index (χ4v) is 2.20. The van der Waals surface area contributed by atoms with E-state index in [4.69, 9.17) is 0 Å². The highest BCUT2D eigenvalue weighted by Gasteiger charge is 2.16. The summed E-state index contributed by atoms with van der Waals surface area (Å²) < 4.78 is 0. The molecule has 0 aliphatic heterocycles. The number of Topliss-reactive ketones (excluding diaryl/α,β-unsaturated/α-hetero) is 1. The van der Waals surface area contributed by atoms with Crippen LogP contribution >= 0.6 is 0 Å². The Hall–Kier alpha value is -1.93. The molecule has 0 amide bonds. The molecule has 2 nitrogen and oxygen atoms in total. The van der Waals surface area contributed by atoms with Gasteiger partial charge in [-0.1, -0.05) is 68.3 Å². The molecule has 1 N–H and O–H groups in total. The molecule has 0 spiro atoms. The molecule has 1 unspecified atom stereocenters. The van der Waals surface area contributed by atoms with Crippen molar-refractivity contribution < 1.29 is 9.90 Å². The molecule has 1 atom stereocenters. The van der Waals surface area contributed by atoms with E-state index >= 15 is 0 Å². The Morgan fingerprint density at radius 1 is 1.05 bits per heavy atom. The third kappa shape index (κ3) is 3.55. The van der Waals surface area contributed by atoms with Crippen molar-refractivity contribution in [2.24, 2.45) is 0 Å². The van der Waals surface area contributed by atoms with Gasteiger partial charge in [0.2, 0.25) is 0 Å². The quantitative estimate of drug-likeness (QED) is 0.801. The molecule has 104 valence electrons. The van der Waals surface area contributed by atoms with Gasteiger partial charge in [0, 0.05) is 5.56 Å². The number of ketones is 1. The largest absolute Gasteiger partial charge is 0.385 e. The van der Waals surface area contributed by atoms with Crippen LogP contribution in [0.15, 0.2) is 54.6 Å². The van der Waals surface area contributed by atoms with Crippen molar-refractivity contribution in [2.45, 2.75) is 32.3 Å². The number of carbonyl (C=O) groups excluding carboxylic acids is 1. The van der Waals surface area contributed by atoms with Crippen LogP contribution in [0.1, 0.15) is 36.5 Å². The van der Waals surface area contributed by atoms with Crippen LogP contribution in [0.25, 0.3) is 11.1 Å². The average molecular weight is 268 g/mol. The lowest BCUT2D eigenvalue weighted by molar-refractivity contribution is 0.0726. The van der Waals surface area contributed by atoms with Crippen molar-refractivity contribution in [1.82, 2.24) is 0 Å². The predicted octanol–water partition coefficient (Wildman–Crippen LogP) is 4.09. The molecule has 2 aromatic rings. The topological polar surface area (TPSA) is 37.3 Å². The number of hydrogen-bond donors (Lipinski definition) is 1. The van der Waals surface area contributed by atoms with E-state index in [1.165, 1.54) is 0 Å². The molecular formula is C18H20O2. The number of carbonyl (C=O) groups is 1. The minimum absolute atomic E-state index is 0.184. The van der Waals surface area contributed by atoms with E-state index in [-0.39, 0.29) is 5.78 Å². The molecule has 0 fully saturated rings. The molecule has 0 saturated heterocycles. The van der Waals surface area contributed by atoms with Crippen LogP contribution in [-0.4, -0.2) is 17.0 Å². The maximum Gasteiger partial charge on any atom is 0.191 e. The first kappa shape index (κ1) is 14.5. The Morgan fingerprint density at radius 3 is 2.45 bits per heavy atom. The fourth-order valence-electron chi connectivity index (χ4n) is 2.20. The van der Waals surface area contributed by atoms with E-state index in [0.29, 0.717) is 12.0 Å². The van der Waals surface area contributed by atoms with E-state index in [1.54, 1.807) is 6.07 Å². The monoisotopic (exact) mass is 268 g/mol. The zero-order valence-electron chi connectivity index (χ0n) is 11.8. The number of rotatable bonds is 6. The second-order valence-corrected chi connectivity index (χ2v) is 4.97. The first-order valence-corrected chi connectivity index (χ1v) is 7.10. The molecule has 0 saturated carbocycles. The highest BCUT2D eigenvalue weighted by Crippen LogP contribution is 2.21. The zero-order chi connectivity index (χ0) is 14.4. The van der Waals surface area contributed by atoms with Gasteiger partial charge in [-0.15, -0.1) is 0 Å². The van der Waals surface area contributed by atoms with Gasteiger partial charge in [-0.3, -0.25) is 4.79 Å². The summed E-state index contributed by atoms with van der Waals surface area (Å²) in [6.45, 7) is 2.05. The summed E-state index contributed by atoms with van der Waals surface area (Å²) in [5.74, 6) is -0.184. The molecule has 0 radical (unpaired) electrons. The van der Waals surface area contributed by atoms with Gasteiger partial charge in [0.25, 0.3) is 0 Å². The van der Waals surface area contributed by atoms with E-state index in [0.717, 1.165) is 24.0 Å². The number of aliphatic hydroxyl groups is 1. The SMILES string of the molecule is CCCCC(O)C(=O)c1cccc(-c2ccccc2)c1. The highest BCUT2D eigenvalue weighted by atomic mass is 16.3. The lowest BCUT2D eigenvalue weighted by atomic mass is 9.98. The third-order valence-corrected chi connectivity index (χ3v) is 3.39. The molecule has 0 bridgehead atoms. The van der Waals surface area contributed by atoms with Crippen LogP contribution in [0.4, 0.5) is 0 Å². The molecule has 0 aliphatic rings. The molecule has 2 rings (SSSR count). The van der Waals surface area contributed by atoms with Gasteiger partial charge in [0.15, 0.2) is 5.78 Å². The van der Waals surface area contributed by atoms with Gasteiger partial charge in [0.1, 0.15) is 6.10 Å². The molecule has 0 heterocycles. The number of aliphatic hydroxyl groups excluding tert-OH is 1. The van der Waals surface area contributed by atoms with Gasteiger partial charge < -0.3 is 5.11 Å². The molecular weight excluding hydrogens is 248 g/mol. The number of benzene rings is 2. The summed E-state index contributed by atoms with van der Waals surface area (Å²) >= 11 is 0. The van der Waals surface area contributed by atoms with Crippen molar-refractivity contribution >= 4 is 5.78 Å². The maximum absolute atomic E-state index is 12.2. The van der Waals surface area contributed by atoms with Crippen LogP contribution in [0.3, 0.4) is 0 Å². The van der Waals surface area contributed by atoms with Gasteiger partial charge in [-0.2, -0.15) is 0 Å². The number of unbranched alkanes of at least 4 members (excludes halogenated alkanes) is 1. The predicted molar refractivity (Wildman–Crippen MR) is 81.7 cm³/mol. The molecule has 0 aromatic heterocycles. The first-order chi connectivity index (χ1) is 9.72. The molecule has 20 heavy (non-hydrogen) atoms. The van der Waals surface area contributed by atoms with E-state index in [2.05, 4.69) is 0 Å². The van der Waals surface area contributed by atoms with Gasteiger partial charge >= 0.3 is 0 Å². The highest BCUT2D eigenvalue weighted by molar-refractivity contribution is 6.00. The van der Waals surface area contributed by atoms with Gasteiger partial charge in [-0.05, 0) is 23.6 Å². The fraction of sp³-hybridized carbons (Fsp3) is 0.278. The third-order valence-electron chi connectivity index (χ3n) is 3.39. The molecule has 2 heteroatoms. The summed E-state index contributed by atoms with van der Waals surface area (Å²) in [5.41, 5.74) is 2.65. The van der Waals surface area contributed by atoms with Crippen molar-refractivity contribution in [1.29, 1.82) is 0 Å². The normalized spacial score (nSPS) is 12.1. The van der Waals surface area contributed by atoms with Gasteiger partial charge in [0.05, 0.1) is 0 Å². The second kappa shape index (κ2) is 7.01. The average Bonchev–Trinajstić information content (AvgIpc) is 2.53. The van der Waals surface area contributed by atoms with Crippen molar-refractivity contribution in [2.75, 3.05) is 0 Å². The Balaban J connectivity index is 2.20. The maximum atomic E-state index is 12.2. The van der Waals surface area contributed by atoms with Crippen LogP contribution in [-0.2, 0) is 0 Å². The second-order valence-electron chi connectivity index (χ2n) is 4.97. The van der Waals surface area contributed by atoms with Crippen molar-refractivity contribution in [3.05, 3.63) is 60.2 Å². The Kier molecular flexibility index (Phi) is 5.08.